The molecule has 122 valence electrons. The largest absolute Gasteiger partial charge is 0.340 e. The summed E-state index contributed by atoms with van der Waals surface area (Å²) in [7, 11) is 0. The third kappa shape index (κ3) is 3.16. The van der Waals surface area contributed by atoms with Crippen molar-refractivity contribution in [1.82, 2.24) is 9.97 Å². The average molecular weight is 350 g/mol. The second-order valence-electron chi connectivity index (χ2n) is 5.53. The second kappa shape index (κ2) is 6.49. The minimum absolute atomic E-state index is 0.335. The molecule has 3 aromatic carbocycles. The van der Waals surface area contributed by atoms with Crippen LogP contribution >= 0.6 is 11.6 Å². The molecule has 0 aliphatic rings. The number of benzene rings is 3. The lowest BCUT2D eigenvalue weighted by molar-refractivity contribution is 0.630. The molecule has 0 aliphatic carbocycles. The number of rotatable bonds is 3. The molecular formula is C20H13ClFN3. The van der Waals surface area contributed by atoms with E-state index in [4.69, 9.17) is 11.6 Å². The molecule has 25 heavy (non-hydrogen) atoms. The Labute approximate surface area is 149 Å². The van der Waals surface area contributed by atoms with Gasteiger partial charge in [0.15, 0.2) is 5.82 Å². The molecule has 0 atom stereocenters. The van der Waals surface area contributed by atoms with Crippen molar-refractivity contribution < 1.29 is 4.39 Å². The molecule has 1 aromatic heterocycles. The third-order valence-electron chi connectivity index (χ3n) is 3.81. The van der Waals surface area contributed by atoms with Crippen LogP contribution in [0, 0.1) is 5.82 Å². The van der Waals surface area contributed by atoms with E-state index >= 15 is 0 Å². The van der Waals surface area contributed by atoms with Crippen LogP contribution in [0.1, 0.15) is 0 Å². The normalized spacial score (nSPS) is 10.8. The number of nitrogens with one attached hydrogen (secondary N) is 1. The van der Waals surface area contributed by atoms with Gasteiger partial charge in [-0.05, 0) is 42.5 Å². The lowest BCUT2D eigenvalue weighted by atomic mass is 10.1. The van der Waals surface area contributed by atoms with Crippen molar-refractivity contribution in [3.05, 3.63) is 83.6 Å². The highest BCUT2D eigenvalue weighted by Gasteiger charge is 2.12. The smallest absolute Gasteiger partial charge is 0.165 e. The summed E-state index contributed by atoms with van der Waals surface area (Å²) in [4.78, 5) is 9.06. The van der Waals surface area contributed by atoms with Crippen LogP contribution in [0.4, 0.5) is 15.9 Å². The molecule has 0 radical (unpaired) electrons. The molecule has 0 saturated heterocycles. The van der Waals surface area contributed by atoms with Gasteiger partial charge in [0.2, 0.25) is 0 Å². The molecular weight excluding hydrogens is 337 g/mol. The van der Waals surface area contributed by atoms with E-state index in [-0.39, 0.29) is 5.82 Å². The van der Waals surface area contributed by atoms with Crippen molar-refractivity contribution in [1.29, 1.82) is 0 Å². The number of halogens is 2. The van der Waals surface area contributed by atoms with Gasteiger partial charge in [0.1, 0.15) is 11.6 Å². The van der Waals surface area contributed by atoms with Gasteiger partial charge >= 0.3 is 0 Å². The number of fused-ring (bicyclic) bond motifs is 1. The van der Waals surface area contributed by atoms with Crippen molar-refractivity contribution in [3.8, 4) is 11.4 Å². The predicted molar refractivity (Wildman–Crippen MR) is 99.7 cm³/mol. The Kier molecular flexibility index (Phi) is 4.04. The van der Waals surface area contributed by atoms with Crippen molar-refractivity contribution >= 4 is 34.0 Å². The number of anilines is 2. The summed E-state index contributed by atoms with van der Waals surface area (Å²) < 4.78 is 14.2. The first-order valence-electron chi connectivity index (χ1n) is 7.75. The van der Waals surface area contributed by atoms with Crippen molar-refractivity contribution in [2.75, 3.05) is 5.32 Å². The van der Waals surface area contributed by atoms with Crippen molar-refractivity contribution in [2.24, 2.45) is 0 Å². The number of para-hydroxylation sites is 1. The fourth-order valence-corrected chi connectivity index (χ4v) is 2.83. The standard InChI is InChI=1S/C20H13ClFN3/c21-13-6-5-7-14(12-13)23-20-16-9-2-4-11-18(16)24-19(25-20)15-8-1-3-10-17(15)22/h1-12H,(H,23,24,25). The first-order valence-corrected chi connectivity index (χ1v) is 8.13. The van der Waals surface area contributed by atoms with Crippen LogP contribution in [0.3, 0.4) is 0 Å². The number of aromatic nitrogens is 2. The summed E-state index contributed by atoms with van der Waals surface area (Å²) in [5.74, 6) is 0.582. The van der Waals surface area contributed by atoms with Gasteiger partial charge in [0.05, 0.1) is 11.1 Å². The molecule has 0 saturated carbocycles. The van der Waals surface area contributed by atoms with E-state index in [9.17, 15) is 4.39 Å². The summed E-state index contributed by atoms with van der Waals surface area (Å²) in [5, 5.41) is 4.73. The van der Waals surface area contributed by atoms with Crippen LogP contribution in [-0.2, 0) is 0 Å². The maximum absolute atomic E-state index is 14.2. The first kappa shape index (κ1) is 15.5. The van der Waals surface area contributed by atoms with Gasteiger partial charge in [0.25, 0.3) is 0 Å². The minimum atomic E-state index is -0.355. The molecule has 4 rings (SSSR count). The summed E-state index contributed by atoms with van der Waals surface area (Å²) in [6.45, 7) is 0. The van der Waals surface area contributed by atoms with Crippen molar-refractivity contribution in [3.63, 3.8) is 0 Å². The zero-order valence-corrected chi connectivity index (χ0v) is 13.8. The van der Waals surface area contributed by atoms with Gasteiger partial charge in [-0.2, -0.15) is 0 Å². The zero-order chi connectivity index (χ0) is 17.2. The number of hydrogen-bond donors (Lipinski definition) is 1. The third-order valence-corrected chi connectivity index (χ3v) is 4.04. The topological polar surface area (TPSA) is 37.8 Å². The van der Waals surface area contributed by atoms with Crippen molar-refractivity contribution in [2.45, 2.75) is 0 Å². The predicted octanol–water partition coefficient (Wildman–Crippen LogP) is 5.83. The van der Waals surface area contributed by atoms with E-state index in [0.717, 1.165) is 16.6 Å². The fourth-order valence-electron chi connectivity index (χ4n) is 2.64. The summed E-state index contributed by atoms with van der Waals surface area (Å²) in [5.41, 5.74) is 1.90. The lowest BCUT2D eigenvalue weighted by Crippen LogP contribution is -2.00. The van der Waals surface area contributed by atoms with E-state index in [0.29, 0.717) is 22.2 Å². The highest BCUT2D eigenvalue weighted by molar-refractivity contribution is 6.30. The summed E-state index contributed by atoms with van der Waals surface area (Å²) >= 11 is 6.05. The zero-order valence-electron chi connectivity index (χ0n) is 13.1. The van der Waals surface area contributed by atoms with E-state index in [2.05, 4.69) is 15.3 Å². The molecule has 5 heteroatoms. The highest BCUT2D eigenvalue weighted by atomic mass is 35.5. The van der Waals surface area contributed by atoms with Crippen LogP contribution < -0.4 is 5.32 Å². The van der Waals surface area contributed by atoms with Crippen LogP contribution in [0.5, 0.6) is 0 Å². The minimum Gasteiger partial charge on any atom is -0.340 e. The van der Waals surface area contributed by atoms with Crippen LogP contribution in [0.15, 0.2) is 72.8 Å². The van der Waals surface area contributed by atoms with Crippen LogP contribution in [0.2, 0.25) is 5.02 Å². The molecule has 0 unspecified atom stereocenters. The molecule has 0 aliphatic heterocycles. The van der Waals surface area contributed by atoms with Crippen LogP contribution in [-0.4, -0.2) is 9.97 Å². The van der Waals surface area contributed by atoms with Gasteiger partial charge in [-0.25, -0.2) is 14.4 Å². The van der Waals surface area contributed by atoms with Crippen LogP contribution in [0.25, 0.3) is 22.3 Å². The second-order valence-corrected chi connectivity index (χ2v) is 5.96. The molecule has 3 nitrogen and oxygen atoms in total. The maximum atomic E-state index is 14.2. The SMILES string of the molecule is Fc1ccccc1-c1nc(Nc2cccc(Cl)c2)c2ccccc2n1. The van der Waals surface area contributed by atoms with E-state index < -0.39 is 0 Å². The Hall–Kier alpha value is -2.98. The first-order chi connectivity index (χ1) is 12.2. The molecule has 0 amide bonds. The van der Waals surface area contributed by atoms with E-state index in [1.165, 1.54) is 6.07 Å². The van der Waals surface area contributed by atoms with Gasteiger partial charge < -0.3 is 5.32 Å². The van der Waals surface area contributed by atoms with E-state index in [1.54, 1.807) is 30.3 Å². The monoisotopic (exact) mass is 349 g/mol. The summed E-state index contributed by atoms with van der Waals surface area (Å²) in [6, 6.07) is 21.4. The quantitative estimate of drug-likeness (QED) is 0.505. The Balaban J connectivity index is 1.89. The van der Waals surface area contributed by atoms with Gasteiger partial charge in [-0.15, -0.1) is 0 Å². The molecule has 0 fully saturated rings. The summed E-state index contributed by atoms with van der Waals surface area (Å²) in [6.07, 6.45) is 0. The van der Waals surface area contributed by atoms with E-state index in [1.807, 2.05) is 36.4 Å². The van der Waals surface area contributed by atoms with Gasteiger partial charge in [-0.1, -0.05) is 41.9 Å². The fraction of sp³-hybridized carbons (Fsp3) is 0. The Morgan fingerprint density at radius 1 is 0.840 bits per heavy atom. The van der Waals surface area contributed by atoms with Gasteiger partial charge in [-0.3, -0.25) is 0 Å². The highest BCUT2D eigenvalue weighted by Crippen LogP contribution is 2.28. The molecule has 0 bridgehead atoms. The number of nitrogens with zero attached hydrogens (tertiary/aromatic N) is 2. The Bertz CT molecular complexity index is 1070. The molecule has 1 N–H and O–H groups in total. The molecule has 4 aromatic rings. The Morgan fingerprint density at radius 2 is 1.64 bits per heavy atom. The molecule has 1 heterocycles. The molecule has 0 spiro atoms. The Morgan fingerprint density at radius 3 is 2.48 bits per heavy atom. The van der Waals surface area contributed by atoms with Gasteiger partial charge in [0, 0.05) is 16.1 Å². The lowest BCUT2D eigenvalue weighted by Gasteiger charge is -2.11. The average Bonchev–Trinajstić information content (AvgIpc) is 2.62. The maximum Gasteiger partial charge on any atom is 0.165 e. The number of hydrogen-bond acceptors (Lipinski definition) is 3.